The Bertz CT molecular complexity index is 1330. The molecule has 0 saturated carbocycles. The normalized spacial score (nSPS) is 10.6. The largest absolute Gasteiger partial charge is 0.465 e. The van der Waals surface area contributed by atoms with Gasteiger partial charge in [0.15, 0.2) is 0 Å². The van der Waals surface area contributed by atoms with Crippen LogP contribution in [0.25, 0.3) is 21.5 Å². The highest BCUT2D eigenvalue weighted by Crippen LogP contribution is 2.29. The van der Waals surface area contributed by atoms with E-state index in [-0.39, 0.29) is 16.8 Å². The lowest BCUT2D eigenvalue weighted by molar-refractivity contribution is 0.0587. The first-order chi connectivity index (χ1) is 15.5. The molecule has 4 aromatic rings. The zero-order valence-corrected chi connectivity index (χ0v) is 18.1. The number of hydrogen-bond acceptors (Lipinski definition) is 7. The van der Waals surface area contributed by atoms with Gasteiger partial charge >= 0.3 is 11.9 Å². The number of thiophene rings is 1. The first-order valence-corrected chi connectivity index (χ1v) is 10.5. The minimum Gasteiger partial charge on any atom is -0.465 e. The minimum atomic E-state index is -0.643. The maximum Gasteiger partial charge on any atom is 0.339 e. The van der Waals surface area contributed by atoms with Crippen LogP contribution in [0, 0.1) is 0 Å². The Balaban J connectivity index is 1.80. The van der Waals surface area contributed by atoms with Crippen molar-refractivity contribution in [2.45, 2.75) is 0 Å². The van der Waals surface area contributed by atoms with Crippen molar-refractivity contribution >= 4 is 45.8 Å². The van der Waals surface area contributed by atoms with Crippen molar-refractivity contribution in [1.29, 1.82) is 0 Å². The second kappa shape index (κ2) is 8.99. The van der Waals surface area contributed by atoms with E-state index >= 15 is 0 Å². The number of methoxy groups -OCH3 is 2. The molecule has 160 valence electrons. The summed E-state index contributed by atoms with van der Waals surface area (Å²) in [5.74, 6) is -1.68. The number of anilines is 1. The van der Waals surface area contributed by atoms with Gasteiger partial charge in [-0.15, -0.1) is 11.3 Å². The van der Waals surface area contributed by atoms with Gasteiger partial charge in [-0.2, -0.15) is 0 Å². The number of para-hydroxylation sites is 1. The number of esters is 2. The van der Waals surface area contributed by atoms with Crippen LogP contribution in [-0.4, -0.2) is 37.0 Å². The number of fused-ring (bicyclic) bond motifs is 1. The predicted octanol–water partition coefficient (Wildman–Crippen LogP) is 4.79. The lowest BCUT2D eigenvalue weighted by Gasteiger charge is -2.13. The zero-order chi connectivity index (χ0) is 22.7. The van der Waals surface area contributed by atoms with E-state index in [0.717, 1.165) is 4.88 Å². The Kier molecular flexibility index (Phi) is 5.96. The standard InChI is InChI=1S/C24H18N2O5S/c1-30-23(28)14-9-10-16(24(29)31-2)19(12-14)26-22(27)17-13-20(21-8-5-11-32-21)25-18-7-4-3-6-15(17)18/h3-13H,1-2H3,(H,26,27). The number of nitrogens with one attached hydrogen (secondary N) is 1. The van der Waals surface area contributed by atoms with Gasteiger partial charge in [-0.05, 0) is 41.8 Å². The summed E-state index contributed by atoms with van der Waals surface area (Å²) in [6, 6.07) is 17.1. The molecule has 2 heterocycles. The van der Waals surface area contributed by atoms with Gasteiger partial charge in [-0.1, -0.05) is 24.3 Å². The molecule has 0 aliphatic carbocycles. The van der Waals surface area contributed by atoms with Crippen molar-refractivity contribution in [2.75, 3.05) is 19.5 Å². The SMILES string of the molecule is COC(=O)c1ccc(C(=O)OC)c(NC(=O)c2cc(-c3cccs3)nc3ccccc23)c1. The van der Waals surface area contributed by atoms with E-state index in [1.165, 1.54) is 43.8 Å². The summed E-state index contributed by atoms with van der Waals surface area (Å²) >= 11 is 1.52. The van der Waals surface area contributed by atoms with Crippen molar-refractivity contribution in [3.8, 4) is 10.6 Å². The van der Waals surface area contributed by atoms with E-state index in [1.807, 2.05) is 41.8 Å². The smallest absolute Gasteiger partial charge is 0.339 e. The van der Waals surface area contributed by atoms with Gasteiger partial charge < -0.3 is 14.8 Å². The quantitative estimate of drug-likeness (QED) is 0.443. The average molecular weight is 446 g/mol. The molecule has 8 heteroatoms. The van der Waals surface area contributed by atoms with Crippen molar-refractivity contribution < 1.29 is 23.9 Å². The predicted molar refractivity (Wildman–Crippen MR) is 122 cm³/mol. The van der Waals surface area contributed by atoms with Crippen LogP contribution in [0.4, 0.5) is 5.69 Å². The molecule has 0 atom stereocenters. The number of carbonyl (C=O) groups excluding carboxylic acids is 3. The summed E-state index contributed by atoms with van der Waals surface area (Å²) in [6.45, 7) is 0. The molecule has 32 heavy (non-hydrogen) atoms. The third kappa shape index (κ3) is 4.08. The highest BCUT2D eigenvalue weighted by molar-refractivity contribution is 7.13. The number of benzene rings is 2. The molecule has 0 aliphatic heterocycles. The molecular formula is C24H18N2O5S. The van der Waals surface area contributed by atoms with Crippen molar-refractivity contribution in [3.05, 3.63) is 82.7 Å². The lowest BCUT2D eigenvalue weighted by Crippen LogP contribution is -2.17. The van der Waals surface area contributed by atoms with E-state index in [4.69, 9.17) is 9.47 Å². The third-order valence-electron chi connectivity index (χ3n) is 4.83. The monoisotopic (exact) mass is 446 g/mol. The van der Waals surface area contributed by atoms with Crippen LogP contribution < -0.4 is 5.32 Å². The maximum atomic E-state index is 13.4. The van der Waals surface area contributed by atoms with Gasteiger partial charge in [0.05, 0.1) is 52.7 Å². The summed E-state index contributed by atoms with van der Waals surface area (Å²) in [6.07, 6.45) is 0. The van der Waals surface area contributed by atoms with Crippen LogP contribution in [0.2, 0.25) is 0 Å². The van der Waals surface area contributed by atoms with Crippen molar-refractivity contribution in [1.82, 2.24) is 4.98 Å². The van der Waals surface area contributed by atoms with Gasteiger partial charge in [0.1, 0.15) is 0 Å². The molecule has 0 bridgehead atoms. The molecular weight excluding hydrogens is 428 g/mol. The van der Waals surface area contributed by atoms with Gasteiger partial charge in [-0.3, -0.25) is 4.79 Å². The highest BCUT2D eigenvalue weighted by Gasteiger charge is 2.20. The summed E-state index contributed by atoms with van der Waals surface area (Å²) in [7, 11) is 2.50. The number of ether oxygens (including phenoxy) is 2. The topological polar surface area (TPSA) is 94.6 Å². The summed E-state index contributed by atoms with van der Waals surface area (Å²) in [4.78, 5) is 43.1. The Morgan fingerprint density at radius 1 is 0.875 bits per heavy atom. The zero-order valence-electron chi connectivity index (χ0n) is 17.2. The molecule has 0 saturated heterocycles. The Labute approximate surface area is 187 Å². The number of hydrogen-bond donors (Lipinski definition) is 1. The fourth-order valence-electron chi connectivity index (χ4n) is 3.28. The molecule has 0 radical (unpaired) electrons. The molecule has 4 rings (SSSR count). The van der Waals surface area contributed by atoms with Crippen molar-refractivity contribution in [3.63, 3.8) is 0 Å². The Morgan fingerprint density at radius 2 is 1.66 bits per heavy atom. The van der Waals surface area contributed by atoms with E-state index in [9.17, 15) is 14.4 Å². The second-order valence-corrected chi connectivity index (χ2v) is 7.69. The van der Waals surface area contributed by atoms with Gasteiger partial charge in [0.2, 0.25) is 0 Å². The van der Waals surface area contributed by atoms with Crippen LogP contribution >= 0.6 is 11.3 Å². The molecule has 0 fully saturated rings. The Hall–Kier alpha value is -4.04. The van der Waals surface area contributed by atoms with Gasteiger partial charge in [0.25, 0.3) is 5.91 Å². The number of rotatable bonds is 5. The molecule has 1 amide bonds. The maximum absolute atomic E-state index is 13.4. The molecule has 2 aromatic heterocycles. The molecule has 0 aliphatic rings. The first kappa shape index (κ1) is 21.2. The molecule has 2 aromatic carbocycles. The lowest BCUT2D eigenvalue weighted by atomic mass is 10.0. The van der Waals surface area contributed by atoms with Crippen LogP contribution in [0.1, 0.15) is 31.1 Å². The van der Waals surface area contributed by atoms with Crippen LogP contribution in [0.3, 0.4) is 0 Å². The van der Waals surface area contributed by atoms with E-state index in [2.05, 4.69) is 10.3 Å². The average Bonchev–Trinajstić information content (AvgIpc) is 3.37. The number of pyridine rings is 1. The summed E-state index contributed by atoms with van der Waals surface area (Å²) in [5, 5.41) is 5.35. The number of carbonyl (C=O) groups is 3. The fourth-order valence-corrected chi connectivity index (χ4v) is 3.97. The number of amides is 1. The first-order valence-electron chi connectivity index (χ1n) is 9.57. The van der Waals surface area contributed by atoms with Crippen LogP contribution in [0.5, 0.6) is 0 Å². The van der Waals surface area contributed by atoms with Crippen molar-refractivity contribution in [2.24, 2.45) is 0 Å². The summed E-state index contributed by atoms with van der Waals surface area (Å²) in [5.41, 5.74) is 2.17. The molecule has 1 N–H and O–H groups in total. The van der Waals surface area contributed by atoms with Crippen LogP contribution in [0.15, 0.2) is 66.0 Å². The molecule has 0 spiro atoms. The third-order valence-corrected chi connectivity index (χ3v) is 5.72. The summed E-state index contributed by atoms with van der Waals surface area (Å²) < 4.78 is 9.56. The second-order valence-electron chi connectivity index (χ2n) is 6.75. The number of nitrogens with zero attached hydrogens (tertiary/aromatic N) is 1. The van der Waals surface area contributed by atoms with Crippen LogP contribution in [-0.2, 0) is 9.47 Å². The molecule has 0 unspecified atom stereocenters. The van der Waals surface area contributed by atoms with E-state index in [0.29, 0.717) is 22.2 Å². The number of aromatic nitrogens is 1. The fraction of sp³-hybridized carbons (Fsp3) is 0.0833. The molecule has 7 nitrogen and oxygen atoms in total. The Morgan fingerprint density at radius 3 is 2.38 bits per heavy atom. The highest BCUT2D eigenvalue weighted by atomic mass is 32.1. The van der Waals surface area contributed by atoms with Gasteiger partial charge in [-0.25, -0.2) is 14.6 Å². The van der Waals surface area contributed by atoms with E-state index in [1.54, 1.807) is 6.07 Å². The minimum absolute atomic E-state index is 0.116. The van der Waals surface area contributed by atoms with Gasteiger partial charge in [0, 0.05) is 5.39 Å². The van der Waals surface area contributed by atoms with E-state index < -0.39 is 17.8 Å².